The topological polar surface area (TPSA) is 72.0 Å². The summed E-state index contributed by atoms with van der Waals surface area (Å²) in [4.78, 5) is 15.8. The molecule has 1 aliphatic carbocycles. The van der Waals surface area contributed by atoms with Crippen LogP contribution in [0.25, 0.3) is 0 Å². The third kappa shape index (κ3) is 8.33. The summed E-state index contributed by atoms with van der Waals surface area (Å²) in [5.74, 6) is 2.29. The van der Waals surface area contributed by atoms with Crippen LogP contribution in [0.15, 0.2) is 23.2 Å². The van der Waals surface area contributed by atoms with E-state index in [-0.39, 0.29) is 5.97 Å². The number of hydrogen-bond donors (Lipinski definition) is 2. The molecule has 2 N–H and O–H groups in total. The molecular weight excluding hydrogens is 342 g/mol. The summed E-state index contributed by atoms with van der Waals surface area (Å²) in [5.41, 5.74) is 2.30. The second kappa shape index (κ2) is 11.5. The number of methoxy groups -OCH3 is 1. The third-order valence-electron chi connectivity index (χ3n) is 4.47. The van der Waals surface area contributed by atoms with Gasteiger partial charge in [0.1, 0.15) is 5.75 Å². The predicted octanol–water partition coefficient (Wildman–Crippen LogP) is 3.18. The lowest BCUT2D eigenvalue weighted by Crippen LogP contribution is -2.37. The van der Waals surface area contributed by atoms with Crippen LogP contribution in [0, 0.1) is 12.8 Å². The van der Waals surface area contributed by atoms with Crippen LogP contribution in [-0.2, 0) is 16.1 Å². The Balaban J connectivity index is 1.86. The number of unbranched alkanes of at least 4 members (excludes halogenated alkanes) is 1. The molecule has 1 aromatic rings. The Morgan fingerprint density at radius 1 is 1.26 bits per heavy atom. The quantitative estimate of drug-likeness (QED) is 0.269. The zero-order valence-electron chi connectivity index (χ0n) is 16.8. The van der Waals surface area contributed by atoms with Gasteiger partial charge in [-0.15, -0.1) is 0 Å². The van der Waals surface area contributed by atoms with Gasteiger partial charge in [0.2, 0.25) is 0 Å². The van der Waals surface area contributed by atoms with Crippen molar-refractivity contribution in [2.24, 2.45) is 10.9 Å². The zero-order valence-corrected chi connectivity index (χ0v) is 16.8. The molecule has 0 amide bonds. The molecule has 0 spiro atoms. The summed E-state index contributed by atoms with van der Waals surface area (Å²) >= 11 is 0. The van der Waals surface area contributed by atoms with Crippen LogP contribution in [0.2, 0.25) is 0 Å². The van der Waals surface area contributed by atoms with E-state index in [1.165, 1.54) is 25.5 Å². The van der Waals surface area contributed by atoms with Crippen molar-refractivity contribution in [3.8, 4) is 5.75 Å². The first-order chi connectivity index (χ1) is 13.1. The van der Waals surface area contributed by atoms with Gasteiger partial charge in [-0.1, -0.05) is 12.1 Å². The van der Waals surface area contributed by atoms with Crippen LogP contribution >= 0.6 is 0 Å². The van der Waals surface area contributed by atoms with Gasteiger partial charge in [0, 0.05) is 25.1 Å². The number of nitrogens with zero attached hydrogens (tertiary/aromatic N) is 1. The number of guanidine groups is 1. The fourth-order valence-corrected chi connectivity index (χ4v) is 2.63. The number of nitrogens with one attached hydrogen (secondary N) is 2. The monoisotopic (exact) mass is 375 g/mol. The summed E-state index contributed by atoms with van der Waals surface area (Å²) < 4.78 is 10.7. The molecule has 6 heteroatoms. The van der Waals surface area contributed by atoms with E-state index in [1.54, 1.807) is 0 Å². The molecule has 0 unspecified atom stereocenters. The van der Waals surface area contributed by atoms with E-state index >= 15 is 0 Å². The Kier molecular flexibility index (Phi) is 8.95. The van der Waals surface area contributed by atoms with E-state index in [0.29, 0.717) is 13.0 Å². The Morgan fingerprint density at radius 3 is 2.78 bits per heavy atom. The molecule has 2 rings (SSSR count). The van der Waals surface area contributed by atoms with E-state index in [1.807, 2.05) is 6.92 Å². The summed E-state index contributed by atoms with van der Waals surface area (Å²) in [5, 5.41) is 6.58. The van der Waals surface area contributed by atoms with Crippen LogP contribution < -0.4 is 15.4 Å². The van der Waals surface area contributed by atoms with Crippen molar-refractivity contribution in [1.29, 1.82) is 0 Å². The molecule has 0 saturated heterocycles. The highest BCUT2D eigenvalue weighted by atomic mass is 16.5. The molecule has 1 aliphatic rings. The van der Waals surface area contributed by atoms with Crippen molar-refractivity contribution in [3.63, 3.8) is 0 Å². The average Bonchev–Trinajstić information content (AvgIpc) is 3.49. The van der Waals surface area contributed by atoms with Crippen LogP contribution in [0.4, 0.5) is 0 Å². The fourth-order valence-electron chi connectivity index (χ4n) is 2.63. The summed E-state index contributed by atoms with van der Waals surface area (Å²) in [7, 11) is 1.42. The third-order valence-corrected chi connectivity index (χ3v) is 4.47. The largest absolute Gasteiger partial charge is 0.493 e. The average molecular weight is 376 g/mol. The molecule has 0 radical (unpaired) electrons. The van der Waals surface area contributed by atoms with E-state index < -0.39 is 0 Å². The fraction of sp³-hybridized carbons (Fsp3) is 0.619. The smallest absolute Gasteiger partial charge is 0.305 e. The van der Waals surface area contributed by atoms with Gasteiger partial charge in [0.15, 0.2) is 5.96 Å². The minimum absolute atomic E-state index is 0.159. The van der Waals surface area contributed by atoms with Crippen molar-refractivity contribution < 1.29 is 14.3 Å². The first-order valence-corrected chi connectivity index (χ1v) is 9.93. The molecule has 27 heavy (non-hydrogen) atoms. The lowest BCUT2D eigenvalue weighted by Gasteiger charge is -2.13. The van der Waals surface area contributed by atoms with Crippen molar-refractivity contribution in [1.82, 2.24) is 10.6 Å². The van der Waals surface area contributed by atoms with Gasteiger partial charge in [-0.05, 0) is 57.1 Å². The SMILES string of the molecule is CCNC(=NCc1ccc(C)cc1OCC1CC1)NCCCCC(=O)OC. The number of carbonyl (C=O) groups is 1. The number of ether oxygens (including phenoxy) is 2. The van der Waals surface area contributed by atoms with Gasteiger partial charge in [0.25, 0.3) is 0 Å². The van der Waals surface area contributed by atoms with E-state index in [9.17, 15) is 4.79 Å². The van der Waals surface area contributed by atoms with Crippen LogP contribution in [0.3, 0.4) is 0 Å². The summed E-state index contributed by atoms with van der Waals surface area (Å²) in [6.45, 7) is 7.06. The van der Waals surface area contributed by atoms with E-state index in [4.69, 9.17) is 4.74 Å². The van der Waals surface area contributed by atoms with Gasteiger partial charge >= 0.3 is 5.97 Å². The Morgan fingerprint density at radius 2 is 2.07 bits per heavy atom. The summed E-state index contributed by atoms with van der Waals surface area (Å²) in [6, 6.07) is 6.30. The minimum atomic E-state index is -0.159. The molecule has 0 atom stereocenters. The molecule has 1 saturated carbocycles. The van der Waals surface area contributed by atoms with Crippen molar-refractivity contribution in [2.75, 3.05) is 26.8 Å². The second-order valence-electron chi connectivity index (χ2n) is 7.02. The summed E-state index contributed by atoms with van der Waals surface area (Å²) in [6.07, 6.45) is 4.71. The van der Waals surface area contributed by atoms with Crippen molar-refractivity contribution >= 4 is 11.9 Å². The molecule has 0 aliphatic heterocycles. The molecule has 1 aromatic carbocycles. The van der Waals surface area contributed by atoms with Gasteiger partial charge in [0.05, 0.1) is 20.3 Å². The highest BCUT2D eigenvalue weighted by Crippen LogP contribution is 2.30. The Hall–Kier alpha value is -2.24. The standard InChI is InChI=1S/C21H33N3O3/c1-4-22-21(23-12-6-5-7-20(25)26-3)24-14-18-11-8-16(2)13-19(18)27-15-17-9-10-17/h8,11,13,17H,4-7,9-10,12,14-15H2,1-3H3,(H2,22,23,24). The number of hydrogen-bond acceptors (Lipinski definition) is 4. The first kappa shape index (κ1) is 21.1. The first-order valence-electron chi connectivity index (χ1n) is 9.93. The molecule has 0 aromatic heterocycles. The molecule has 1 fully saturated rings. The van der Waals surface area contributed by atoms with Gasteiger partial charge in [-0.3, -0.25) is 4.79 Å². The lowest BCUT2D eigenvalue weighted by atomic mass is 10.1. The van der Waals surface area contributed by atoms with Crippen LogP contribution in [0.1, 0.15) is 50.2 Å². The number of aliphatic imine (C=N–C) groups is 1. The molecule has 0 heterocycles. The van der Waals surface area contributed by atoms with E-state index in [2.05, 4.69) is 45.5 Å². The normalized spacial score (nSPS) is 14.0. The number of aryl methyl sites for hydroxylation is 1. The number of rotatable bonds is 11. The predicted molar refractivity (Wildman–Crippen MR) is 108 cm³/mol. The van der Waals surface area contributed by atoms with E-state index in [0.717, 1.165) is 55.7 Å². The Bertz CT molecular complexity index is 627. The van der Waals surface area contributed by atoms with Gasteiger partial charge in [-0.2, -0.15) is 0 Å². The van der Waals surface area contributed by atoms with Crippen molar-refractivity contribution in [2.45, 2.75) is 52.5 Å². The highest BCUT2D eigenvalue weighted by Gasteiger charge is 2.22. The molecular formula is C21H33N3O3. The van der Waals surface area contributed by atoms with Crippen molar-refractivity contribution in [3.05, 3.63) is 29.3 Å². The molecule has 150 valence electrons. The number of carbonyl (C=O) groups excluding carboxylic acids is 1. The maximum Gasteiger partial charge on any atom is 0.305 e. The maximum atomic E-state index is 11.1. The number of benzene rings is 1. The van der Waals surface area contributed by atoms with Crippen LogP contribution in [0.5, 0.6) is 5.75 Å². The number of esters is 1. The Labute approximate surface area is 162 Å². The zero-order chi connectivity index (χ0) is 19.5. The highest BCUT2D eigenvalue weighted by molar-refractivity contribution is 5.79. The minimum Gasteiger partial charge on any atom is -0.493 e. The second-order valence-corrected chi connectivity index (χ2v) is 7.02. The van der Waals surface area contributed by atoms with Gasteiger partial charge < -0.3 is 20.1 Å². The molecule has 6 nitrogen and oxygen atoms in total. The van der Waals surface area contributed by atoms with Gasteiger partial charge in [-0.25, -0.2) is 4.99 Å². The maximum absolute atomic E-state index is 11.1. The molecule has 0 bridgehead atoms. The van der Waals surface area contributed by atoms with Crippen LogP contribution in [-0.4, -0.2) is 38.7 Å². The lowest BCUT2D eigenvalue weighted by molar-refractivity contribution is -0.140.